The Morgan fingerprint density at radius 1 is 0.846 bits per heavy atom. The molecule has 2 aromatic rings. The summed E-state index contributed by atoms with van der Waals surface area (Å²) in [6, 6.07) is 10.1. The summed E-state index contributed by atoms with van der Waals surface area (Å²) in [5.41, 5.74) is -0.838. The minimum atomic E-state index is -10.5. The van der Waals surface area contributed by atoms with E-state index in [1.807, 2.05) is 0 Å². The van der Waals surface area contributed by atoms with Gasteiger partial charge >= 0.3 is 5.25 Å². The van der Waals surface area contributed by atoms with Crippen LogP contribution in [0, 0.1) is 0 Å². The average molecular weight is 531 g/mol. The SMILES string of the molecule is FC(Br)(CBr)C(F)(F)S(F)(F)(F)(F)c1ccccc1Nc1ccccc1. The second-order valence-corrected chi connectivity index (χ2v) is 10.3. The summed E-state index contributed by atoms with van der Waals surface area (Å²) in [4.78, 5) is -2.25. The van der Waals surface area contributed by atoms with Crippen molar-refractivity contribution < 1.29 is 28.7 Å². The van der Waals surface area contributed by atoms with Crippen molar-refractivity contribution in [1.29, 1.82) is 0 Å². The molecule has 0 heterocycles. The molecule has 0 aliphatic rings. The number of halogens is 9. The lowest BCUT2D eigenvalue weighted by Gasteiger charge is -2.56. The van der Waals surface area contributed by atoms with Crippen molar-refractivity contribution in [3.05, 3.63) is 54.6 Å². The molecule has 146 valence electrons. The van der Waals surface area contributed by atoms with E-state index in [-0.39, 0.29) is 11.8 Å². The summed E-state index contributed by atoms with van der Waals surface area (Å²) in [5, 5.41) is -5.55. The Morgan fingerprint density at radius 3 is 1.88 bits per heavy atom. The first kappa shape index (κ1) is 21.4. The Labute approximate surface area is 161 Å². The molecule has 0 aromatic heterocycles. The first-order chi connectivity index (χ1) is 11.7. The third-order valence-corrected chi connectivity index (χ3v) is 8.65. The molecule has 0 fully saturated rings. The highest BCUT2D eigenvalue weighted by Crippen LogP contribution is 3.08. The lowest BCUT2D eigenvalue weighted by molar-refractivity contribution is -0.0252. The topological polar surface area (TPSA) is 12.0 Å². The van der Waals surface area contributed by atoms with Gasteiger partial charge in [0.05, 0.1) is 11.0 Å². The van der Waals surface area contributed by atoms with Gasteiger partial charge in [-0.3, -0.25) is 0 Å². The van der Waals surface area contributed by atoms with E-state index < -0.39 is 35.6 Å². The molecule has 0 saturated heterocycles. The first-order valence-electron chi connectivity index (χ1n) is 6.89. The number of hydrogen-bond donors (Lipinski definition) is 1. The zero-order valence-corrected chi connectivity index (χ0v) is 16.7. The molecule has 2 rings (SSSR count). The maximum Gasteiger partial charge on any atom is 0.401 e. The Balaban J connectivity index is 2.72. The van der Waals surface area contributed by atoms with Gasteiger partial charge in [-0.2, -0.15) is 8.78 Å². The summed E-state index contributed by atoms with van der Waals surface area (Å²) < 4.78 is 96.7. The second kappa shape index (κ2) is 6.03. The van der Waals surface area contributed by atoms with Crippen LogP contribution in [0.15, 0.2) is 59.5 Å². The van der Waals surface area contributed by atoms with Crippen LogP contribution in [0.25, 0.3) is 0 Å². The average Bonchev–Trinajstić information content (AvgIpc) is 2.55. The molecule has 26 heavy (non-hydrogen) atoms. The van der Waals surface area contributed by atoms with Crippen LogP contribution in [0.5, 0.6) is 0 Å². The number of nitrogens with one attached hydrogen (secondary N) is 1. The Morgan fingerprint density at radius 2 is 1.35 bits per heavy atom. The highest BCUT2D eigenvalue weighted by atomic mass is 79.9. The minimum absolute atomic E-state index is 0.113. The van der Waals surface area contributed by atoms with E-state index in [0.717, 1.165) is 18.2 Å². The summed E-state index contributed by atoms with van der Waals surface area (Å²) >= 11 is 3.91. The monoisotopic (exact) mass is 529 g/mol. The quantitative estimate of drug-likeness (QED) is 0.293. The molecule has 1 nitrogen and oxygen atoms in total. The van der Waals surface area contributed by atoms with E-state index in [1.54, 1.807) is 22.0 Å². The van der Waals surface area contributed by atoms with Gasteiger partial charge in [-0.05, 0) is 40.2 Å². The van der Waals surface area contributed by atoms with Gasteiger partial charge < -0.3 is 5.32 Å². The lowest BCUT2D eigenvalue weighted by Crippen LogP contribution is -2.51. The van der Waals surface area contributed by atoms with Crippen LogP contribution in [0.4, 0.5) is 40.1 Å². The number of anilines is 2. The molecule has 0 aliphatic carbocycles. The number of benzene rings is 2. The third kappa shape index (κ3) is 3.22. The first-order valence-corrected chi connectivity index (χ1v) is 10.9. The van der Waals surface area contributed by atoms with Crippen LogP contribution >= 0.6 is 41.7 Å². The normalized spacial score (nSPS) is 17.7. The molecule has 11 heteroatoms. The minimum Gasteiger partial charge on any atom is -0.354 e. The zero-order chi connectivity index (χ0) is 19.9. The third-order valence-electron chi connectivity index (χ3n) is 3.49. The van der Waals surface area contributed by atoms with Crippen LogP contribution < -0.4 is 5.32 Å². The van der Waals surface area contributed by atoms with E-state index in [0.29, 0.717) is 0 Å². The molecule has 2 aromatic carbocycles. The fourth-order valence-corrected chi connectivity index (χ4v) is 5.50. The molecular formula is C15H12Br2F7NS. The molecule has 0 spiro atoms. The van der Waals surface area contributed by atoms with Gasteiger partial charge in [0, 0.05) is 5.69 Å². The van der Waals surface area contributed by atoms with Crippen molar-refractivity contribution in [1.82, 2.24) is 0 Å². The Kier molecular flexibility index (Phi) is 4.95. The van der Waals surface area contributed by atoms with Gasteiger partial charge in [-0.25, -0.2) is 4.39 Å². The van der Waals surface area contributed by atoms with E-state index in [1.165, 1.54) is 24.3 Å². The van der Waals surface area contributed by atoms with Crippen LogP contribution in [-0.4, -0.2) is 15.2 Å². The fraction of sp³-hybridized carbons (Fsp3) is 0.200. The van der Waals surface area contributed by atoms with Crippen molar-refractivity contribution >= 4 is 53.1 Å². The van der Waals surface area contributed by atoms with E-state index in [2.05, 4.69) is 21.2 Å². The lowest BCUT2D eigenvalue weighted by atomic mass is 10.3. The molecule has 0 bridgehead atoms. The van der Waals surface area contributed by atoms with Gasteiger partial charge in [-0.15, -0.1) is 15.5 Å². The number of alkyl halides is 5. The fourth-order valence-electron chi connectivity index (χ4n) is 2.12. The highest BCUT2D eigenvalue weighted by molar-refractivity contribution is 9.12. The number of hydrogen-bond acceptors (Lipinski definition) is 1. The van der Waals surface area contributed by atoms with Gasteiger partial charge in [-0.1, -0.05) is 46.3 Å². The predicted octanol–water partition coefficient (Wildman–Crippen LogP) is 8.25. The Hall–Kier alpha value is -0.940. The van der Waals surface area contributed by atoms with Gasteiger partial charge in [0.15, 0.2) is 0 Å². The van der Waals surface area contributed by atoms with E-state index in [9.17, 15) is 28.7 Å². The van der Waals surface area contributed by atoms with Crippen molar-refractivity contribution in [3.63, 3.8) is 0 Å². The van der Waals surface area contributed by atoms with Crippen molar-refractivity contribution in [2.24, 2.45) is 0 Å². The summed E-state index contributed by atoms with van der Waals surface area (Å²) in [6.07, 6.45) is 0. The van der Waals surface area contributed by atoms with Crippen LogP contribution in [0.3, 0.4) is 0 Å². The molecule has 0 aliphatic heterocycles. The van der Waals surface area contributed by atoms with Crippen molar-refractivity contribution in [3.8, 4) is 0 Å². The molecule has 1 unspecified atom stereocenters. The largest absolute Gasteiger partial charge is 0.401 e. The smallest absolute Gasteiger partial charge is 0.354 e. The highest BCUT2D eigenvalue weighted by Gasteiger charge is 2.89. The van der Waals surface area contributed by atoms with Gasteiger partial charge in [0.2, 0.25) is 9.84 Å². The molecular weight excluding hydrogens is 519 g/mol. The summed E-state index contributed by atoms with van der Waals surface area (Å²) in [6.45, 7) is 0. The van der Waals surface area contributed by atoms with Crippen LogP contribution in [0.1, 0.15) is 0 Å². The number of para-hydroxylation sites is 2. The van der Waals surface area contributed by atoms with E-state index in [4.69, 9.17) is 0 Å². The zero-order valence-electron chi connectivity index (χ0n) is 12.7. The van der Waals surface area contributed by atoms with Crippen LogP contribution in [-0.2, 0) is 0 Å². The maximum absolute atomic E-state index is 14.7. The maximum atomic E-state index is 14.7. The molecule has 0 amide bonds. The van der Waals surface area contributed by atoms with Crippen molar-refractivity contribution in [2.75, 3.05) is 10.6 Å². The van der Waals surface area contributed by atoms with Crippen molar-refractivity contribution in [2.45, 2.75) is 14.7 Å². The Bertz CT molecular complexity index is 808. The van der Waals surface area contributed by atoms with Gasteiger partial charge in [0.1, 0.15) is 4.90 Å². The molecule has 0 saturated carbocycles. The summed E-state index contributed by atoms with van der Waals surface area (Å²) in [7, 11) is -10.5. The number of rotatable bonds is 6. The predicted molar refractivity (Wildman–Crippen MR) is 98.0 cm³/mol. The molecule has 1 atom stereocenters. The molecule has 1 N–H and O–H groups in total. The summed E-state index contributed by atoms with van der Waals surface area (Å²) in [5.74, 6) is 0. The van der Waals surface area contributed by atoms with Gasteiger partial charge in [0.25, 0.3) is 4.58 Å². The van der Waals surface area contributed by atoms with E-state index >= 15 is 0 Å². The standard InChI is InChI=1S/C15H12Br2F7NS/c16-10-14(17,18)15(19,20)26(21,22,23,24)13-9-5-4-8-12(13)25-11-6-2-1-3-7-11/h1-9,25H,10H2. The van der Waals surface area contributed by atoms with Crippen LogP contribution in [0.2, 0.25) is 0 Å². The molecule has 0 radical (unpaired) electrons. The second-order valence-electron chi connectivity index (χ2n) is 5.41.